The predicted octanol–water partition coefficient (Wildman–Crippen LogP) is 5.97. The summed E-state index contributed by atoms with van der Waals surface area (Å²) in [5.74, 6) is 0.507. The third kappa shape index (κ3) is 3.94. The van der Waals surface area contributed by atoms with Gasteiger partial charge in [-0.15, -0.1) is 0 Å². The highest BCUT2D eigenvalue weighted by Crippen LogP contribution is 2.74. The van der Waals surface area contributed by atoms with Crippen LogP contribution in [-0.2, 0) is 9.53 Å². The molecule has 0 radical (unpaired) electrons. The first-order valence-electron chi connectivity index (χ1n) is 14.0. The molecule has 1 aliphatic heterocycles. The molecule has 0 aromatic carbocycles. The number of rotatable bonds is 6. The van der Waals surface area contributed by atoms with E-state index in [1.54, 1.807) is 0 Å². The molecule has 0 aromatic heterocycles. The first-order chi connectivity index (χ1) is 16.0. The zero-order valence-electron chi connectivity index (χ0n) is 23.2. The predicted molar refractivity (Wildman–Crippen MR) is 138 cm³/mol. The molecule has 3 N–H and O–H groups in total. The summed E-state index contributed by atoms with van der Waals surface area (Å²) < 4.78 is 6.65. The summed E-state index contributed by atoms with van der Waals surface area (Å²) in [6.45, 7) is 19.3. The topological polar surface area (TPSA) is 87.0 Å². The molecule has 0 spiro atoms. The monoisotopic (exact) mass is 490 g/mol. The Hall–Kier alpha value is -0.910. The number of fused-ring (bicyclic) bond motifs is 3. The molecule has 10 unspecified atom stereocenters. The summed E-state index contributed by atoms with van der Waals surface area (Å²) in [5, 5.41) is 32.0. The molecule has 0 bridgehead atoms. The molecule has 1 heterocycles. The van der Waals surface area contributed by atoms with E-state index in [0.29, 0.717) is 24.7 Å². The van der Waals surface area contributed by atoms with E-state index >= 15 is 0 Å². The zero-order chi connectivity index (χ0) is 26.2. The number of aliphatic hydroxyl groups excluding tert-OH is 1. The Morgan fingerprint density at radius 1 is 1.06 bits per heavy atom. The van der Waals surface area contributed by atoms with Gasteiger partial charge in [-0.05, 0) is 114 Å². The molecule has 200 valence electrons. The van der Waals surface area contributed by atoms with E-state index < -0.39 is 17.7 Å². The van der Waals surface area contributed by atoms with Gasteiger partial charge in [0.25, 0.3) is 0 Å². The van der Waals surface area contributed by atoms with Crippen LogP contribution in [-0.4, -0.2) is 44.7 Å². The molecule has 35 heavy (non-hydrogen) atoms. The number of hydrogen-bond acceptors (Lipinski definition) is 4. The molecule has 4 aliphatic rings. The van der Waals surface area contributed by atoms with E-state index in [1.165, 1.54) is 0 Å². The number of aliphatic hydroxyl groups is 2. The largest absolute Gasteiger partial charge is 0.481 e. The zero-order valence-corrected chi connectivity index (χ0v) is 23.2. The molecule has 0 aromatic rings. The molecule has 4 fully saturated rings. The normalized spacial score (nSPS) is 50.0. The SMILES string of the molecule is C=C(C)C1CC(O)C2(C)C(CCC3C(C4(C)CCC(C(C)(C)O)O4)CCC32C)C1(C)CCC(=O)O. The van der Waals surface area contributed by atoms with Crippen molar-refractivity contribution in [3.63, 3.8) is 0 Å². The average molecular weight is 491 g/mol. The molecular weight excluding hydrogens is 440 g/mol. The van der Waals surface area contributed by atoms with Crippen LogP contribution in [0, 0.1) is 39.9 Å². The minimum absolute atomic E-state index is 0.0380. The van der Waals surface area contributed by atoms with E-state index in [4.69, 9.17) is 4.74 Å². The maximum Gasteiger partial charge on any atom is 0.303 e. The van der Waals surface area contributed by atoms with Gasteiger partial charge in [0.2, 0.25) is 0 Å². The van der Waals surface area contributed by atoms with Gasteiger partial charge >= 0.3 is 5.97 Å². The summed E-state index contributed by atoms with van der Waals surface area (Å²) in [6, 6.07) is 0. The van der Waals surface area contributed by atoms with Crippen LogP contribution >= 0.6 is 0 Å². The highest BCUT2D eigenvalue weighted by atomic mass is 16.5. The number of carbonyl (C=O) groups is 1. The molecule has 3 aliphatic carbocycles. The van der Waals surface area contributed by atoms with Crippen molar-refractivity contribution in [1.29, 1.82) is 0 Å². The molecule has 0 amide bonds. The van der Waals surface area contributed by atoms with Crippen LogP contribution in [0.1, 0.15) is 106 Å². The van der Waals surface area contributed by atoms with Crippen LogP contribution in [0.15, 0.2) is 12.2 Å². The number of carboxylic acid groups (broad SMARTS) is 1. The van der Waals surface area contributed by atoms with Gasteiger partial charge in [0.15, 0.2) is 0 Å². The van der Waals surface area contributed by atoms with Crippen molar-refractivity contribution in [1.82, 2.24) is 0 Å². The van der Waals surface area contributed by atoms with E-state index in [9.17, 15) is 20.1 Å². The van der Waals surface area contributed by atoms with Gasteiger partial charge in [-0.25, -0.2) is 0 Å². The van der Waals surface area contributed by atoms with Gasteiger partial charge in [-0.3, -0.25) is 4.79 Å². The summed E-state index contributed by atoms with van der Waals surface area (Å²) >= 11 is 0. The van der Waals surface area contributed by atoms with Crippen LogP contribution < -0.4 is 0 Å². The number of carboxylic acids is 1. The molecule has 5 heteroatoms. The first kappa shape index (κ1) is 27.1. The van der Waals surface area contributed by atoms with Gasteiger partial charge in [-0.2, -0.15) is 0 Å². The van der Waals surface area contributed by atoms with Crippen molar-refractivity contribution < 1.29 is 24.9 Å². The van der Waals surface area contributed by atoms with Crippen molar-refractivity contribution in [2.45, 2.75) is 130 Å². The van der Waals surface area contributed by atoms with Gasteiger partial charge in [-0.1, -0.05) is 32.9 Å². The third-order valence-electron chi connectivity index (χ3n) is 12.1. The smallest absolute Gasteiger partial charge is 0.303 e. The third-order valence-corrected chi connectivity index (χ3v) is 12.1. The van der Waals surface area contributed by atoms with Crippen molar-refractivity contribution in [2.24, 2.45) is 39.9 Å². The molecule has 3 saturated carbocycles. The summed E-state index contributed by atoms with van der Waals surface area (Å²) in [5.41, 5.74) is -0.530. The second-order valence-corrected chi connectivity index (χ2v) is 14.2. The van der Waals surface area contributed by atoms with Crippen LogP contribution in [0.3, 0.4) is 0 Å². The Labute approximate surface area is 212 Å². The van der Waals surface area contributed by atoms with Crippen molar-refractivity contribution in [3.8, 4) is 0 Å². The average Bonchev–Trinajstić information content (AvgIpc) is 3.32. The van der Waals surface area contributed by atoms with Crippen molar-refractivity contribution in [3.05, 3.63) is 12.2 Å². The molecule has 1 saturated heterocycles. The van der Waals surface area contributed by atoms with E-state index in [-0.39, 0.29) is 46.2 Å². The first-order valence-corrected chi connectivity index (χ1v) is 14.0. The Morgan fingerprint density at radius 2 is 1.71 bits per heavy atom. The van der Waals surface area contributed by atoms with E-state index in [0.717, 1.165) is 44.1 Å². The van der Waals surface area contributed by atoms with Crippen LogP contribution in [0.5, 0.6) is 0 Å². The van der Waals surface area contributed by atoms with E-state index in [1.807, 2.05) is 13.8 Å². The van der Waals surface area contributed by atoms with Gasteiger partial charge in [0, 0.05) is 11.8 Å². The summed E-state index contributed by atoms with van der Waals surface area (Å²) in [4.78, 5) is 11.6. The van der Waals surface area contributed by atoms with Gasteiger partial charge < -0.3 is 20.1 Å². The Balaban J connectivity index is 1.69. The fraction of sp³-hybridized carbons (Fsp3) is 0.900. The molecule has 5 nitrogen and oxygen atoms in total. The van der Waals surface area contributed by atoms with Gasteiger partial charge in [0.05, 0.1) is 23.4 Å². The minimum atomic E-state index is -0.841. The van der Waals surface area contributed by atoms with Crippen molar-refractivity contribution in [2.75, 3.05) is 0 Å². The van der Waals surface area contributed by atoms with E-state index in [2.05, 4.69) is 41.2 Å². The van der Waals surface area contributed by atoms with Crippen LogP contribution in [0.4, 0.5) is 0 Å². The van der Waals surface area contributed by atoms with Crippen LogP contribution in [0.25, 0.3) is 0 Å². The van der Waals surface area contributed by atoms with Crippen LogP contribution in [0.2, 0.25) is 0 Å². The summed E-state index contributed by atoms with van der Waals surface area (Å²) in [7, 11) is 0. The second kappa shape index (κ2) is 8.56. The Bertz CT molecular complexity index is 861. The number of aliphatic carboxylic acids is 1. The number of ether oxygens (including phenoxy) is 1. The fourth-order valence-electron chi connectivity index (χ4n) is 9.98. The maximum absolute atomic E-state index is 11.8. The molecule has 4 rings (SSSR count). The fourth-order valence-corrected chi connectivity index (χ4v) is 9.98. The Kier molecular flexibility index (Phi) is 6.64. The summed E-state index contributed by atoms with van der Waals surface area (Å²) in [6.07, 6.45) is 6.99. The Morgan fingerprint density at radius 3 is 2.26 bits per heavy atom. The van der Waals surface area contributed by atoms with Gasteiger partial charge in [0.1, 0.15) is 0 Å². The number of allylic oxidation sites excluding steroid dienone is 1. The highest BCUT2D eigenvalue weighted by molar-refractivity contribution is 5.66. The maximum atomic E-state index is 11.8. The second-order valence-electron chi connectivity index (χ2n) is 14.2. The lowest BCUT2D eigenvalue weighted by atomic mass is 9.37. The standard InChI is InChI=1S/C30H50O5/c1-18(2)21-17-23(31)30(8)22(27(21,5)14-13-25(32)33)10-9-19-20(11-15-28(19,30)6)29(7)16-12-24(35-29)26(3,4)34/h19-24,31,34H,1,9-17H2,2-8H3,(H,32,33). The van der Waals surface area contributed by atoms with Crippen molar-refractivity contribution >= 4 is 5.97 Å². The molecular formula is C30H50O5. The quantitative estimate of drug-likeness (QED) is 0.399. The lowest BCUT2D eigenvalue weighted by molar-refractivity contribution is -0.231. The lowest BCUT2D eigenvalue weighted by Crippen LogP contribution is -2.65. The minimum Gasteiger partial charge on any atom is -0.481 e. The lowest BCUT2D eigenvalue weighted by Gasteiger charge is -2.68. The molecule has 10 atom stereocenters. The highest BCUT2D eigenvalue weighted by Gasteiger charge is 2.70. The number of hydrogen-bond donors (Lipinski definition) is 3.